The number of aromatic nitrogens is 1. The number of nitrogens with zero attached hydrogens (tertiary/aromatic N) is 1. The second kappa shape index (κ2) is 5.61. The lowest BCUT2D eigenvalue weighted by molar-refractivity contribution is 0.414. The van der Waals surface area contributed by atoms with Crippen LogP contribution in [0.5, 0.6) is 5.75 Å². The van der Waals surface area contributed by atoms with Crippen LogP contribution in [-0.2, 0) is 13.0 Å². The molecule has 0 saturated heterocycles. The minimum absolute atomic E-state index is 0.129. The summed E-state index contributed by atoms with van der Waals surface area (Å²) >= 11 is 0. The van der Waals surface area contributed by atoms with Gasteiger partial charge < -0.3 is 15.0 Å². The molecule has 1 heterocycles. The molecule has 2 aromatic rings. The van der Waals surface area contributed by atoms with Crippen molar-refractivity contribution in [2.24, 2.45) is 0 Å². The summed E-state index contributed by atoms with van der Waals surface area (Å²) < 4.78 is 6.73. The van der Waals surface area contributed by atoms with Gasteiger partial charge in [-0.3, -0.25) is 4.79 Å². The van der Waals surface area contributed by atoms with Gasteiger partial charge in [-0.1, -0.05) is 19.1 Å². The molecule has 1 aromatic carbocycles. The number of hydrogen-bond acceptors (Lipinski definition) is 3. The van der Waals surface area contributed by atoms with E-state index in [0.717, 1.165) is 23.3 Å². The number of hydrogen-bond donors (Lipinski definition) is 1. The maximum Gasteiger partial charge on any atom is 0.274 e. The van der Waals surface area contributed by atoms with Gasteiger partial charge >= 0.3 is 0 Å². The second-order valence-corrected chi connectivity index (χ2v) is 4.39. The van der Waals surface area contributed by atoms with E-state index in [-0.39, 0.29) is 5.56 Å². The van der Waals surface area contributed by atoms with Gasteiger partial charge in [0.05, 0.1) is 13.7 Å². The first-order valence-corrected chi connectivity index (χ1v) is 6.26. The van der Waals surface area contributed by atoms with E-state index < -0.39 is 0 Å². The topological polar surface area (TPSA) is 57.2 Å². The number of anilines is 1. The Morgan fingerprint density at radius 1 is 1.21 bits per heavy atom. The van der Waals surface area contributed by atoms with E-state index in [1.165, 1.54) is 0 Å². The highest BCUT2D eigenvalue weighted by Crippen LogP contribution is 2.12. The molecule has 0 aliphatic carbocycles. The molecular weight excluding hydrogens is 240 g/mol. The molecule has 0 unspecified atom stereocenters. The third kappa shape index (κ3) is 2.78. The van der Waals surface area contributed by atoms with Crippen molar-refractivity contribution < 1.29 is 4.74 Å². The molecule has 2 N–H and O–H groups in total. The Balaban J connectivity index is 2.28. The van der Waals surface area contributed by atoms with Crippen molar-refractivity contribution in [2.75, 3.05) is 12.8 Å². The van der Waals surface area contributed by atoms with Gasteiger partial charge in [-0.15, -0.1) is 0 Å². The summed E-state index contributed by atoms with van der Waals surface area (Å²) in [4.78, 5) is 12.1. The van der Waals surface area contributed by atoms with Gasteiger partial charge in [-0.05, 0) is 35.7 Å². The summed E-state index contributed by atoms with van der Waals surface area (Å²) in [5.74, 6) is 0.803. The highest BCUT2D eigenvalue weighted by Gasteiger charge is 2.05. The van der Waals surface area contributed by atoms with Gasteiger partial charge in [-0.25, -0.2) is 0 Å². The SMILES string of the molecule is CCc1ccn(Cc2ccc(OC)cc2)c(=O)c1N. The fraction of sp³-hybridized carbons (Fsp3) is 0.267. The van der Waals surface area contributed by atoms with Gasteiger partial charge in [0.2, 0.25) is 0 Å². The first-order valence-electron chi connectivity index (χ1n) is 6.26. The van der Waals surface area contributed by atoms with Crippen LogP contribution in [0, 0.1) is 0 Å². The second-order valence-electron chi connectivity index (χ2n) is 4.39. The molecule has 0 bridgehead atoms. The zero-order valence-corrected chi connectivity index (χ0v) is 11.2. The maximum absolute atomic E-state index is 12.1. The molecule has 0 radical (unpaired) electrons. The van der Waals surface area contributed by atoms with Gasteiger partial charge in [-0.2, -0.15) is 0 Å². The molecule has 2 rings (SSSR count). The number of ether oxygens (including phenoxy) is 1. The lowest BCUT2D eigenvalue weighted by atomic mass is 10.1. The Labute approximate surface area is 112 Å². The summed E-state index contributed by atoms with van der Waals surface area (Å²) in [6, 6.07) is 9.54. The molecule has 0 fully saturated rings. The van der Waals surface area contributed by atoms with Crippen LogP contribution >= 0.6 is 0 Å². The molecule has 1 aromatic heterocycles. The summed E-state index contributed by atoms with van der Waals surface area (Å²) in [5, 5.41) is 0. The number of nitrogens with two attached hydrogens (primary N) is 1. The largest absolute Gasteiger partial charge is 0.497 e. The predicted octanol–water partition coefficient (Wildman–Crippen LogP) is 2.05. The number of rotatable bonds is 4. The molecule has 0 saturated carbocycles. The van der Waals surface area contributed by atoms with E-state index in [2.05, 4.69) is 0 Å². The van der Waals surface area contributed by atoms with Gasteiger partial charge in [0.1, 0.15) is 11.4 Å². The van der Waals surface area contributed by atoms with E-state index in [0.29, 0.717) is 12.2 Å². The fourth-order valence-electron chi connectivity index (χ4n) is 1.99. The number of pyridine rings is 1. The van der Waals surface area contributed by atoms with Crippen LogP contribution in [0.1, 0.15) is 18.1 Å². The van der Waals surface area contributed by atoms with Crippen molar-refractivity contribution in [3.05, 3.63) is 58.0 Å². The Hall–Kier alpha value is -2.23. The summed E-state index contributed by atoms with van der Waals surface area (Å²) in [5.41, 5.74) is 7.99. The predicted molar refractivity (Wildman–Crippen MR) is 76.6 cm³/mol. The van der Waals surface area contributed by atoms with Gasteiger partial charge in [0.25, 0.3) is 5.56 Å². The first kappa shape index (κ1) is 13.2. The number of aryl methyl sites for hydroxylation is 1. The summed E-state index contributed by atoms with van der Waals surface area (Å²) in [7, 11) is 1.63. The average Bonchev–Trinajstić information content (AvgIpc) is 2.45. The van der Waals surface area contributed by atoms with Crippen molar-refractivity contribution >= 4 is 5.69 Å². The van der Waals surface area contributed by atoms with Crippen molar-refractivity contribution in [3.63, 3.8) is 0 Å². The fourth-order valence-corrected chi connectivity index (χ4v) is 1.99. The molecule has 4 heteroatoms. The Bertz CT molecular complexity index is 615. The first-order chi connectivity index (χ1) is 9.15. The molecule has 0 spiro atoms. The van der Waals surface area contributed by atoms with Crippen molar-refractivity contribution in [1.29, 1.82) is 0 Å². The molecular formula is C15H18N2O2. The third-order valence-electron chi connectivity index (χ3n) is 3.19. The Morgan fingerprint density at radius 3 is 2.47 bits per heavy atom. The maximum atomic E-state index is 12.1. The standard InChI is InChI=1S/C15H18N2O2/c1-3-12-8-9-17(15(18)14(12)16)10-11-4-6-13(19-2)7-5-11/h4-9H,3,10,16H2,1-2H3. The van der Waals surface area contributed by atoms with Crippen LogP contribution in [-0.4, -0.2) is 11.7 Å². The summed E-state index contributed by atoms with van der Waals surface area (Å²) in [6.07, 6.45) is 2.56. The number of nitrogen functional groups attached to an aromatic ring is 1. The van der Waals surface area contributed by atoms with Gasteiger partial charge in [0, 0.05) is 6.20 Å². The quantitative estimate of drug-likeness (QED) is 0.913. The van der Waals surface area contributed by atoms with Crippen molar-refractivity contribution in [2.45, 2.75) is 19.9 Å². The molecule has 100 valence electrons. The normalized spacial score (nSPS) is 10.4. The van der Waals surface area contributed by atoms with E-state index in [1.54, 1.807) is 17.9 Å². The van der Waals surface area contributed by atoms with Crippen molar-refractivity contribution in [1.82, 2.24) is 4.57 Å². The third-order valence-corrected chi connectivity index (χ3v) is 3.19. The van der Waals surface area contributed by atoms with Crippen LogP contribution in [0.25, 0.3) is 0 Å². The zero-order valence-electron chi connectivity index (χ0n) is 11.2. The van der Waals surface area contributed by atoms with E-state index in [4.69, 9.17) is 10.5 Å². The lowest BCUT2D eigenvalue weighted by Crippen LogP contribution is -2.24. The van der Waals surface area contributed by atoms with E-state index >= 15 is 0 Å². The zero-order chi connectivity index (χ0) is 13.8. The van der Waals surface area contributed by atoms with Crippen LogP contribution in [0.4, 0.5) is 5.69 Å². The van der Waals surface area contributed by atoms with Crippen LogP contribution in [0.15, 0.2) is 41.3 Å². The molecule has 0 aliphatic rings. The molecule has 0 atom stereocenters. The molecule has 4 nitrogen and oxygen atoms in total. The Morgan fingerprint density at radius 2 is 1.89 bits per heavy atom. The van der Waals surface area contributed by atoms with Crippen molar-refractivity contribution in [3.8, 4) is 5.75 Å². The lowest BCUT2D eigenvalue weighted by Gasteiger charge is -2.09. The highest BCUT2D eigenvalue weighted by molar-refractivity contribution is 5.44. The molecule has 0 amide bonds. The molecule has 0 aliphatic heterocycles. The van der Waals surface area contributed by atoms with Crippen LogP contribution in [0.2, 0.25) is 0 Å². The highest BCUT2D eigenvalue weighted by atomic mass is 16.5. The monoisotopic (exact) mass is 258 g/mol. The average molecular weight is 258 g/mol. The van der Waals surface area contributed by atoms with Gasteiger partial charge in [0.15, 0.2) is 0 Å². The number of benzene rings is 1. The summed E-state index contributed by atoms with van der Waals surface area (Å²) in [6.45, 7) is 2.50. The van der Waals surface area contributed by atoms with E-state index in [9.17, 15) is 4.79 Å². The minimum atomic E-state index is -0.129. The minimum Gasteiger partial charge on any atom is -0.497 e. The smallest absolute Gasteiger partial charge is 0.274 e. The van der Waals surface area contributed by atoms with E-state index in [1.807, 2.05) is 37.3 Å². The van der Waals surface area contributed by atoms with Crippen LogP contribution in [0.3, 0.4) is 0 Å². The Kier molecular flexibility index (Phi) is 3.90. The molecule has 19 heavy (non-hydrogen) atoms. The van der Waals surface area contributed by atoms with Crippen LogP contribution < -0.4 is 16.0 Å². The number of methoxy groups -OCH3 is 1.